The van der Waals surface area contributed by atoms with Crippen LogP contribution in [-0.4, -0.2) is 24.4 Å². The van der Waals surface area contributed by atoms with Gasteiger partial charge in [-0.3, -0.25) is 4.68 Å². The molecule has 0 unspecified atom stereocenters. The molecule has 0 fully saturated rings. The molecule has 0 amide bonds. The SMILES string of the molecule is O=S(=O)(Cl)c1cnn(CCC(F)(F)F)c1. The molecule has 0 atom stereocenters. The van der Waals surface area contributed by atoms with E-state index in [0.717, 1.165) is 17.1 Å². The largest absolute Gasteiger partial charge is 0.390 e. The quantitative estimate of drug-likeness (QED) is 0.780. The summed E-state index contributed by atoms with van der Waals surface area (Å²) in [6.07, 6.45) is -3.52. The van der Waals surface area contributed by atoms with Crippen LogP contribution >= 0.6 is 10.7 Å². The molecule has 0 N–H and O–H groups in total. The molecule has 1 aromatic rings. The Hall–Kier alpha value is -0.760. The van der Waals surface area contributed by atoms with Gasteiger partial charge in [-0.25, -0.2) is 8.42 Å². The summed E-state index contributed by atoms with van der Waals surface area (Å²) in [6, 6.07) is 0. The highest BCUT2D eigenvalue weighted by Crippen LogP contribution is 2.20. The van der Waals surface area contributed by atoms with E-state index in [2.05, 4.69) is 5.10 Å². The first-order valence-corrected chi connectivity index (χ1v) is 6.03. The topological polar surface area (TPSA) is 52.0 Å². The Bertz CT molecular complexity index is 439. The number of nitrogens with zero attached hydrogens (tertiary/aromatic N) is 2. The van der Waals surface area contributed by atoms with Crippen LogP contribution in [0.5, 0.6) is 0 Å². The molecule has 0 radical (unpaired) electrons. The van der Waals surface area contributed by atoms with Crippen LogP contribution in [0.1, 0.15) is 6.42 Å². The fraction of sp³-hybridized carbons (Fsp3) is 0.500. The second-order valence-electron chi connectivity index (χ2n) is 2.74. The van der Waals surface area contributed by atoms with Crippen molar-refractivity contribution in [1.29, 1.82) is 0 Å². The Kier molecular flexibility index (Phi) is 3.29. The van der Waals surface area contributed by atoms with Crippen LogP contribution in [0.4, 0.5) is 13.2 Å². The van der Waals surface area contributed by atoms with Crippen molar-refractivity contribution < 1.29 is 21.6 Å². The average Bonchev–Trinajstić information content (AvgIpc) is 2.45. The zero-order valence-electron chi connectivity index (χ0n) is 7.20. The number of hydrogen-bond acceptors (Lipinski definition) is 3. The van der Waals surface area contributed by atoms with Crippen molar-refractivity contribution in [3.63, 3.8) is 0 Å². The third-order valence-electron chi connectivity index (χ3n) is 1.52. The fourth-order valence-electron chi connectivity index (χ4n) is 0.834. The van der Waals surface area contributed by atoms with Crippen LogP contribution in [0.15, 0.2) is 17.3 Å². The maximum Gasteiger partial charge on any atom is 0.390 e. The van der Waals surface area contributed by atoms with Gasteiger partial charge < -0.3 is 0 Å². The minimum Gasteiger partial charge on any atom is -0.271 e. The number of hydrogen-bond donors (Lipinski definition) is 0. The lowest BCUT2D eigenvalue weighted by Crippen LogP contribution is -2.12. The van der Waals surface area contributed by atoms with E-state index in [9.17, 15) is 21.6 Å². The summed E-state index contributed by atoms with van der Waals surface area (Å²) in [4.78, 5) is -0.314. The zero-order valence-corrected chi connectivity index (χ0v) is 8.77. The zero-order chi connectivity index (χ0) is 11.7. The summed E-state index contributed by atoms with van der Waals surface area (Å²) in [7, 11) is 1.03. The Balaban J connectivity index is 2.70. The van der Waals surface area contributed by atoms with Gasteiger partial charge in [0.2, 0.25) is 0 Å². The van der Waals surface area contributed by atoms with E-state index in [0.29, 0.717) is 0 Å². The molecule has 0 saturated carbocycles. The molecule has 4 nitrogen and oxygen atoms in total. The molecule has 0 saturated heterocycles. The molecule has 1 aromatic heterocycles. The monoisotopic (exact) mass is 262 g/mol. The first-order valence-electron chi connectivity index (χ1n) is 3.72. The Morgan fingerprint density at radius 3 is 2.47 bits per heavy atom. The highest BCUT2D eigenvalue weighted by Gasteiger charge is 2.27. The van der Waals surface area contributed by atoms with Gasteiger partial charge in [0.1, 0.15) is 4.90 Å². The Morgan fingerprint density at radius 1 is 1.47 bits per heavy atom. The summed E-state index contributed by atoms with van der Waals surface area (Å²) < 4.78 is 57.7. The third-order valence-corrected chi connectivity index (χ3v) is 2.82. The van der Waals surface area contributed by atoms with Crippen molar-refractivity contribution >= 4 is 19.7 Å². The van der Waals surface area contributed by atoms with Gasteiger partial charge >= 0.3 is 6.18 Å². The predicted octanol–water partition coefficient (Wildman–Crippen LogP) is 1.76. The first kappa shape index (κ1) is 12.3. The van der Waals surface area contributed by atoms with E-state index >= 15 is 0 Å². The molecule has 0 aromatic carbocycles. The minimum atomic E-state index is -4.30. The van der Waals surface area contributed by atoms with Crippen LogP contribution in [0, 0.1) is 0 Å². The molecule has 86 valence electrons. The van der Waals surface area contributed by atoms with Gasteiger partial charge in [-0.15, -0.1) is 0 Å². The molecule has 0 aliphatic carbocycles. The maximum absolute atomic E-state index is 11.8. The summed E-state index contributed by atoms with van der Waals surface area (Å²) in [5.74, 6) is 0. The fourth-order valence-corrected chi connectivity index (χ4v) is 1.49. The van der Waals surface area contributed by atoms with Crippen LogP contribution in [0.25, 0.3) is 0 Å². The van der Waals surface area contributed by atoms with Crippen molar-refractivity contribution in [3.8, 4) is 0 Å². The van der Waals surface area contributed by atoms with E-state index in [4.69, 9.17) is 10.7 Å². The van der Waals surface area contributed by atoms with Crippen LogP contribution < -0.4 is 0 Å². The van der Waals surface area contributed by atoms with Crippen LogP contribution in [-0.2, 0) is 15.6 Å². The molecule has 0 aliphatic rings. The molecule has 0 bridgehead atoms. The lowest BCUT2D eigenvalue weighted by Gasteiger charge is -2.05. The average molecular weight is 263 g/mol. The van der Waals surface area contributed by atoms with Gasteiger partial charge in [0, 0.05) is 23.4 Å². The molecule has 9 heteroatoms. The third kappa shape index (κ3) is 4.08. The van der Waals surface area contributed by atoms with Gasteiger partial charge in [0.15, 0.2) is 0 Å². The second-order valence-corrected chi connectivity index (χ2v) is 5.31. The highest BCUT2D eigenvalue weighted by molar-refractivity contribution is 8.13. The predicted molar refractivity (Wildman–Crippen MR) is 45.9 cm³/mol. The number of halogens is 4. The van der Waals surface area contributed by atoms with Crippen LogP contribution in [0.3, 0.4) is 0 Å². The van der Waals surface area contributed by atoms with E-state index in [1.165, 1.54) is 0 Å². The smallest absolute Gasteiger partial charge is 0.271 e. The van der Waals surface area contributed by atoms with Crippen molar-refractivity contribution in [2.45, 2.75) is 24.0 Å². The molecule has 15 heavy (non-hydrogen) atoms. The van der Waals surface area contributed by atoms with Gasteiger partial charge in [-0.2, -0.15) is 18.3 Å². The molecule has 0 spiro atoms. The number of rotatable bonds is 3. The van der Waals surface area contributed by atoms with E-state index < -0.39 is 28.2 Å². The van der Waals surface area contributed by atoms with Gasteiger partial charge in [-0.1, -0.05) is 0 Å². The maximum atomic E-state index is 11.8. The molecule has 0 aliphatic heterocycles. The van der Waals surface area contributed by atoms with Gasteiger partial charge in [0.25, 0.3) is 9.05 Å². The molecular formula is C6H6ClF3N2O2S. The lowest BCUT2D eigenvalue weighted by atomic mass is 10.4. The Labute approximate surface area is 88.1 Å². The Morgan fingerprint density at radius 2 is 2.07 bits per heavy atom. The van der Waals surface area contributed by atoms with Crippen molar-refractivity contribution in [2.24, 2.45) is 0 Å². The molecule has 1 rings (SSSR count). The highest BCUT2D eigenvalue weighted by atomic mass is 35.7. The molecular weight excluding hydrogens is 257 g/mol. The summed E-state index contributed by atoms with van der Waals surface area (Å²) in [6.45, 7) is -0.435. The standard InChI is InChI=1S/C6H6ClF3N2O2S/c7-15(13,14)5-3-11-12(4-5)2-1-6(8,9)10/h3-4H,1-2H2. The summed E-state index contributed by atoms with van der Waals surface area (Å²) >= 11 is 0. The number of aryl methyl sites for hydroxylation is 1. The van der Waals surface area contributed by atoms with E-state index in [1.807, 2.05) is 0 Å². The minimum absolute atomic E-state index is 0.314. The second kappa shape index (κ2) is 4.01. The first-order chi connectivity index (χ1) is 6.68. The van der Waals surface area contributed by atoms with Gasteiger partial charge in [-0.05, 0) is 0 Å². The van der Waals surface area contributed by atoms with E-state index in [-0.39, 0.29) is 4.90 Å². The van der Waals surface area contributed by atoms with Crippen molar-refractivity contribution in [1.82, 2.24) is 9.78 Å². The van der Waals surface area contributed by atoms with Crippen molar-refractivity contribution in [3.05, 3.63) is 12.4 Å². The number of aromatic nitrogens is 2. The normalized spacial score (nSPS) is 13.1. The summed E-state index contributed by atoms with van der Waals surface area (Å²) in [5, 5.41) is 3.44. The van der Waals surface area contributed by atoms with Crippen LogP contribution in [0.2, 0.25) is 0 Å². The number of alkyl halides is 3. The van der Waals surface area contributed by atoms with Gasteiger partial charge in [0.05, 0.1) is 12.6 Å². The van der Waals surface area contributed by atoms with Crippen molar-refractivity contribution in [2.75, 3.05) is 0 Å². The summed E-state index contributed by atoms with van der Waals surface area (Å²) in [5.41, 5.74) is 0. The lowest BCUT2D eigenvalue weighted by molar-refractivity contribution is -0.137. The van der Waals surface area contributed by atoms with E-state index in [1.54, 1.807) is 0 Å². The molecule has 1 heterocycles.